The fourth-order valence-corrected chi connectivity index (χ4v) is 4.99. The van der Waals surface area contributed by atoms with Gasteiger partial charge in [-0.15, -0.1) is 0 Å². The van der Waals surface area contributed by atoms with Gasteiger partial charge in [0.15, 0.2) is 0 Å². The number of nitrogens with one attached hydrogen (secondary N) is 1. The van der Waals surface area contributed by atoms with Gasteiger partial charge in [-0.1, -0.05) is 37.1 Å². The Bertz CT molecular complexity index is 1370. The fraction of sp³-hybridized carbons (Fsp3) is 0.333. The lowest BCUT2D eigenvalue weighted by Gasteiger charge is -2.25. The lowest BCUT2D eigenvalue weighted by Crippen LogP contribution is -2.49. The van der Waals surface area contributed by atoms with Crippen LogP contribution in [0.5, 0.6) is 0 Å². The number of aryl methyl sites for hydroxylation is 1. The van der Waals surface area contributed by atoms with Crippen molar-refractivity contribution in [3.63, 3.8) is 0 Å². The van der Waals surface area contributed by atoms with Crippen molar-refractivity contribution < 1.29 is 23.5 Å². The van der Waals surface area contributed by atoms with E-state index < -0.39 is 41.6 Å². The van der Waals surface area contributed by atoms with E-state index in [9.17, 15) is 23.5 Å². The summed E-state index contributed by atoms with van der Waals surface area (Å²) in [6, 6.07) is 16.0. The molecule has 39 heavy (non-hydrogen) atoms. The number of hydrogen-bond donors (Lipinski definition) is 2. The van der Waals surface area contributed by atoms with Crippen LogP contribution >= 0.6 is 0 Å². The maximum atomic E-state index is 13.6. The molecule has 2 heterocycles. The molecule has 202 valence electrons. The van der Waals surface area contributed by atoms with E-state index in [1.807, 2.05) is 30.3 Å². The first-order valence-corrected chi connectivity index (χ1v) is 13.1. The zero-order valence-electron chi connectivity index (χ0n) is 21.6. The molecule has 1 aliphatic heterocycles. The number of rotatable bonds is 9. The van der Waals surface area contributed by atoms with Crippen LogP contribution in [0.15, 0.2) is 71.9 Å². The van der Waals surface area contributed by atoms with Gasteiger partial charge in [0, 0.05) is 24.9 Å². The molecule has 3 aromatic rings. The van der Waals surface area contributed by atoms with E-state index in [0.717, 1.165) is 18.9 Å². The second-order valence-electron chi connectivity index (χ2n) is 10.2. The number of benzene rings is 2. The second kappa shape index (κ2) is 11.4. The van der Waals surface area contributed by atoms with Crippen LogP contribution in [0.2, 0.25) is 0 Å². The molecule has 9 heteroatoms. The Balaban J connectivity index is 1.39. The minimum atomic E-state index is -1.22. The van der Waals surface area contributed by atoms with E-state index in [1.54, 1.807) is 25.4 Å². The molecule has 0 bridgehead atoms. The van der Waals surface area contributed by atoms with Crippen LogP contribution in [0.4, 0.5) is 14.5 Å². The molecule has 1 fully saturated rings. The number of benzodiazepines with no additional fused rings is 1. The van der Waals surface area contributed by atoms with Gasteiger partial charge in [0.1, 0.15) is 11.6 Å². The number of likely N-dealkylation sites (N-methyl/N-ethyl adjacent to an activating group) is 1. The number of para-hydroxylation sites is 1. The number of amides is 2. The Kier molecular flexibility index (Phi) is 7.79. The number of aliphatic imine (C=N–C) groups is 1. The van der Waals surface area contributed by atoms with E-state index in [4.69, 9.17) is 0 Å². The third-order valence-corrected chi connectivity index (χ3v) is 7.27. The van der Waals surface area contributed by atoms with Crippen molar-refractivity contribution in [2.75, 3.05) is 11.9 Å². The molecule has 2 aromatic carbocycles. The summed E-state index contributed by atoms with van der Waals surface area (Å²) in [5, 5.41) is 13.8. The van der Waals surface area contributed by atoms with Crippen LogP contribution < -0.4 is 10.2 Å². The average Bonchev–Trinajstić information content (AvgIpc) is 3.76. The summed E-state index contributed by atoms with van der Waals surface area (Å²) in [6.07, 6.45) is 2.08. The van der Waals surface area contributed by atoms with Gasteiger partial charge in [0.25, 0.3) is 5.91 Å². The summed E-state index contributed by atoms with van der Waals surface area (Å²) >= 11 is 0. The standard InChI is InChI=1S/C30H30F2N4O3/c1-36-25-8-3-2-6-22(25)27(24-7-4-5-13-33-24)34-28(30(36)39)35-29(38)23(16-18-9-10-18)26(37)12-11-19-14-20(31)17-21(32)15-19/h2-8,13-15,17-18,23,26,28,37H,9-12,16H2,1H3,(H,35,38)/t23-,26+,28?/m1/s1. The van der Waals surface area contributed by atoms with E-state index in [1.165, 1.54) is 17.0 Å². The molecule has 0 spiro atoms. The number of anilines is 1. The van der Waals surface area contributed by atoms with Gasteiger partial charge in [-0.25, -0.2) is 13.8 Å². The number of pyridine rings is 1. The lowest BCUT2D eigenvalue weighted by molar-refractivity contribution is -0.133. The number of nitrogens with zero attached hydrogens (tertiary/aromatic N) is 3. The zero-order valence-corrected chi connectivity index (χ0v) is 21.6. The normalized spacial score (nSPS) is 18.6. The molecule has 2 aliphatic rings. The van der Waals surface area contributed by atoms with E-state index in [-0.39, 0.29) is 12.8 Å². The van der Waals surface area contributed by atoms with Crippen LogP contribution in [-0.2, 0) is 16.0 Å². The van der Waals surface area contributed by atoms with Crippen molar-refractivity contribution in [3.8, 4) is 0 Å². The first-order valence-electron chi connectivity index (χ1n) is 13.1. The SMILES string of the molecule is CN1C(=O)C(NC(=O)[C@H](CC2CC2)[C@@H](O)CCc2cc(F)cc(F)c2)N=C(c2ccccn2)c2ccccc21. The molecule has 7 nitrogen and oxygen atoms in total. The smallest absolute Gasteiger partial charge is 0.272 e. The van der Waals surface area contributed by atoms with E-state index in [0.29, 0.717) is 40.6 Å². The summed E-state index contributed by atoms with van der Waals surface area (Å²) in [5.41, 5.74) is 2.78. The van der Waals surface area contributed by atoms with Crippen molar-refractivity contribution in [2.45, 2.75) is 44.4 Å². The van der Waals surface area contributed by atoms with Gasteiger partial charge in [0.2, 0.25) is 12.1 Å². The zero-order chi connectivity index (χ0) is 27.5. The molecule has 1 saturated carbocycles. The third kappa shape index (κ3) is 6.20. The Labute approximate surface area is 225 Å². The van der Waals surface area contributed by atoms with Crippen LogP contribution in [0.3, 0.4) is 0 Å². The highest BCUT2D eigenvalue weighted by Crippen LogP contribution is 2.37. The second-order valence-corrected chi connectivity index (χ2v) is 10.2. The fourth-order valence-electron chi connectivity index (χ4n) is 4.99. The molecule has 2 N–H and O–H groups in total. The topological polar surface area (TPSA) is 94.9 Å². The minimum absolute atomic E-state index is 0.139. The molecular formula is C30H30F2N4O3. The maximum absolute atomic E-state index is 13.6. The van der Waals surface area contributed by atoms with Gasteiger partial charge in [0.05, 0.1) is 29.1 Å². The van der Waals surface area contributed by atoms with Gasteiger partial charge < -0.3 is 15.3 Å². The molecule has 5 rings (SSSR count). The van der Waals surface area contributed by atoms with Crippen molar-refractivity contribution >= 4 is 23.2 Å². The molecule has 1 aliphatic carbocycles. The summed E-state index contributed by atoms with van der Waals surface area (Å²) in [4.78, 5) is 37.6. The summed E-state index contributed by atoms with van der Waals surface area (Å²) in [7, 11) is 1.63. The average molecular weight is 533 g/mol. The van der Waals surface area contributed by atoms with Gasteiger partial charge >= 0.3 is 0 Å². The first-order chi connectivity index (χ1) is 18.8. The molecular weight excluding hydrogens is 502 g/mol. The van der Waals surface area contributed by atoms with Crippen molar-refractivity contribution in [1.82, 2.24) is 10.3 Å². The number of carbonyl (C=O) groups excluding carboxylic acids is 2. The number of aliphatic hydroxyl groups excluding tert-OH is 1. The highest BCUT2D eigenvalue weighted by Gasteiger charge is 2.37. The van der Waals surface area contributed by atoms with Gasteiger partial charge in [-0.2, -0.15) is 0 Å². The summed E-state index contributed by atoms with van der Waals surface area (Å²) < 4.78 is 27.2. The van der Waals surface area contributed by atoms with Crippen LogP contribution in [0.25, 0.3) is 0 Å². The van der Waals surface area contributed by atoms with Crippen molar-refractivity contribution in [1.29, 1.82) is 0 Å². The third-order valence-electron chi connectivity index (χ3n) is 7.27. The van der Waals surface area contributed by atoms with Crippen molar-refractivity contribution in [3.05, 3.63) is 95.3 Å². The van der Waals surface area contributed by atoms with Gasteiger partial charge in [-0.05, 0) is 61.1 Å². The van der Waals surface area contributed by atoms with Crippen LogP contribution in [0.1, 0.15) is 42.5 Å². The first kappa shape index (κ1) is 26.6. The van der Waals surface area contributed by atoms with Crippen molar-refractivity contribution in [2.24, 2.45) is 16.8 Å². The van der Waals surface area contributed by atoms with Gasteiger partial charge in [-0.3, -0.25) is 14.6 Å². The Morgan fingerprint density at radius 2 is 1.82 bits per heavy atom. The maximum Gasteiger partial charge on any atom is 0.272 e. The number of aromatic nitrogens is 1. The number of carbonyl (C=O) groups is 2. The Morgan fingerprint density at radius 1 is 1.10 bits per heavy atom. The summed E-state index contributed by atoms with van der Waals surface area (Å²) in [6.45, 7) is 0. The monoisotopic (exact) mass is 532 g/mol. The highest BCUT2D eigenvalue weighted by atomic mass is 19.1. The molecule has 2 amide bonds. The van der Waals surface area contributed by atoms with E-state index >= 15 is 0 Å². The quantitative estimate of drug-likeness (QED) is 0.435. The Hall–Kier alpha value is -3.98. The minimum Gasteiger partial charge on any atom is -0.392 e. The molecule has 1 unspecified atom stereocenters. The van der Waals surface area contributed by atoms with E-state index in [2.05, 4.69) is 15.3 Å². The molecule has 0 saturated heterocycles. The predicted molar refractivity (Wildman–Crippen MR) is 143 cm³/mol. The number of fused-ring (bicyclic) bond motifs is 1. The lowest BCUT2D eigenvalue weighted by atomic mass is 9.90. The Morgan fingerprint density at radius 3 is 2.51 bits per heavy atom. The van der Waals surface area contributed by atoms with Crippen LogP contribution in [0, 0.1) is 23.5 Å². The largest absolute Gasteiger partial charge is 0.392 e. The molecule has 0 radical (unpaired) electrons. The number of aliphatic hydroxyl groups is 1. The highest BCUT2D eigenvalue weighted by molar-refractivity contribution is 6.19. The predicted octanol–water partition coefficient (Wildman–Crippen LogP) is 4.03. The summed E-state index contributed by atoms with van der Waals surface area (Å²) in [5.74, 6) is -2.77. The molecule has 3 atom stereocenters. The number of halogens is 2. The van der Waals surface area contributed by atoms with Crippen LogP contribution in [-0.4, -0.2) is 46.9 Å². The molecule has 1 aromatic heterocycles. The number of hydrogen-bond acceptors (Lipinski definition) is 5.